The van der Waals surface area contributed by atoms with E-state index in [1.165, 1.54) is 12.1 Å². The third-order valence-corrected chi connectivity index (χ3v) is 2.94. The zero-order chi connectivity index (χ0) is 15.2. The quantitative estimate of drug-likeness (QED) is 0.650. The second kappa shape index (κ2) is 6.69. The number of hydrogen-bond donors (Lipinski definition) is 1. The smallest absolute Gasteiger partial charge is 0.275 e. The predicted molar refractivity (Wildman–Crippen MR) is 81.7 cm³/mol. The molecular formula is C15H17N3O3. The predicted octanol–water partition coefficient (Wildman–Crippen LogP) is 3.49. The third kappa shape index (κ3) is 3.68. The molecule has 0 saturated heterocycles. The van der Waals surface area contributed by atoms with Crippen LogP contribution in [0.25, 0.3) is 11.3 Å². The Morgan fingerprint density at radius 1 is 1.33 bits per heavy atom. The van der Waals surface area contributed by atoms with Gasteiger partial charge in [0.05, 0.1) is 23.8 Å². The van der Waals surface area contributed by atoms with Gasteiger partial charge in [-0.1, -0.05) is 19.1 Å². The van der Waals surface area contributed by atoms with Crippen LogP contribution in [0.4, 0.5) is 11.5 Å². The molecule has 0 spiro atoms. The van der Waals surface area contributed by atoms with Gasteiger partial charge in [0.2, 0.25) is 0 Å². The molecule has 0 bridgehead atoms. The summed E-state index contributed by atoms with van der Waals surface area (Å²) in [6, 6.07) is 10.2. The molecule has 0 amide bonds. The lowest BCUT2D eigenvalue weighted by molar-refractivity contribution is -0.384. The maximum Gasteiger partial charge on any atom is 0.275 e. The Labute approximate surface area is 122 Å². The molecule has 1 aromatic carbocycles. The molecule has 1 N–H and O–H groups in total. The van der Waals surface area contributed by atoms with Crippen molar-refractivity contribution in [2.75, 3.05) is 19.0 Å². The summed E-state index contributed by atoms with van der Waals surface area (Å²) >= 11 is 0. The van der Waals surface area contributed by atoms with Crippen molar-refractivity contribution >= 4 is 11.5 Å². The fourth-order valence-electron chi connectivity index (χ4n) is 1.90. The van der Waals surface area contributed by atoms with Crippen LogP contribution in [0.5, 0.6) is 5.75 Å². The first-order valence-corrected chi connectivity index (χ1v) is 6.69. The molecule has 2 rings (SSSR count). The van der Waals surface area contributed by atoms with E-state index in [9.17, 15) is 10.1 Å². The maximum atomic E-state index is 11.1. The first-order valence-electron chi connectivity index (χ1n) is 6.69. The molecule has 2 aromatic rings. The van der Waals surface area contributed by atoms with E-state index in [-0.39, 0.29) is 5.69 Å². The van der Waals surface area contributed by atoms with Gasteiger partial charge in [-0.05, 0) is 18.6 Å². The number of nitrogens with zero attached hydrogens (tertiary/aromatic N) is 2. The second-order valence-corrected chi connectivity index (χ2v) is 4.51. The molecule has 1 heterocycles. The fraction of sp³-hybridized carbons (Fsp3) is 0.267. The van der Waals surface area contributed by atoms with Crippen molar-refractivity contribution in [2.45, 2.75) is 13.3 Å². The number of pyridine rings is 1. The summed E-state index contributed by atoms with van der Waals surface area (Å²) in [5, 5.41) is 14.1. The second-order valence-electron chi connectivity index (χ2n) is 4.51. The van der Waals surface area contributed by atoms with Gasteiger partial charge in [0.15, 0.2) is 0 Å². The zero-order valence-corrected chi connectivity index (χ0v) is 12.0. The fourth-order valence-corrected chi connectivity index (χ4v) is 1.90. The van der Waals surface area contributed by atoms with E-state index < -0.39 is 4.92 Å². The van der Waals surface area contributed by atoms with E-state index in [4.69, 9.17) is 4.74 Å². The normalized spacial score (nSPS) is 10.2. The topological polar surface area (TPSA) is 77.3 Å². The SMILES string of the molecule is CCCNc1cc([N+](=O)[O-])cc(-c2cccc(OC)c2)n1. The van der Waals surface area contributed by atoms with Crippen LogP contribution in [-0.4, -0.2) is 23.6 Å². The van der Waals surface area contributed by atoms with E-state index in [2.05, 4.69) is 10.3 Å². The van der Waals surface area contributed by atoms with Crippen molar-refractivity contribution in [1.82, 2.24) is 4.98 Å². The van der Waals surface area contributed by atoms with Gasteiger partial charge >= 0.3 is 0 Å². The van der Waals surface area contributed by atoms with Crippen LogP contribution in [0, 0.1) is 10.1 Å². The number of benzene rings is 1. The van der Waals surface area contributed by atoms with Gasteiger partial charge in [-0.2, -0.15) is 0 Å². The third-order valence-electron chi connectivity index (χ3n) is 2.94. The Hall–Kier alpha value is -2.63. The van der Waals surface area contributed by atoms with E-state index in [1.54, 1.807) is 13.2 Å². The first-order chi connectivity index (χ1) is 10.1. The summed E-state index contributed by atoms with van der Waals surface area (Å²) < 4.78 is 5.17. The van der Waals surface area contributed by atoms with Gasteiger partial charge in [0.1, 0.15) is 11.6 Å². The summed E-state index contributed by atoms with van der Waals surface area (Å²) in [5.74, 6) is 1.19. The molecule has 0 aliphatic rings. The molecule has 0 aliphatic carbocycles. The van der Waals surface area contributed by atoms with Crippen LogP contribution in [0.15, 0.2) is 36.4 Å². The average molecular weight is 287 g/mol. The average Bonchev–Trinajstić information content (AvgIpc) is 2.52. The Kier molecular flexibility index (Phi) is 4.71. The van der Waals surface area contributed by atoms with Crippen molar-refractivity contribution in [2.24, 2.45) is 0 Å². The van der Waals surface area contributed by atoms with Crippen molar-refractivity contribution < 1.29 is 9.66 Å². The molecule has 1 aromatic heterocycles. The van der Waals surface area contributed by atoms with E-state index in [0.29, 0.717) is 23.8 Å². The summed E-state index contributed by atoms with van der Waals surface area (Å²) in [7, 11) is 1.58. The van der Waals surface area contributed by atoms with Crippen molar-refractivity contribution in [3.8, 4) is 17.0 Å². The Bertz CT molecular complexity index is 644. The van der Waals surface area contributed by atoms with Crippen molar-refractivity contribution in [3.63, 3.8) is 0 Å². The highest BCUT2D eigenvalue weighted by atomic mass is 16.6. The highest BCUT2D eigenvalue weighted by molar-refractivity contribution is 5.66. The van der Waals surface area contributed by atoms with Crippen LogP contribution < -0.4 is 10.1 Å². The minimum absolute atomic E-state index is 0.0152. The molecule has 110 valence electrons. The minimum Gasteiger partial charge on any atom is -0.497 e. The lowest BCUT2D eigenvalue weighted by Crippen LogP contribution is -2.03. The Morgan fingerprint density at radius 3 is 2.81 bits per heavy atom. The number of nitro groups is 1. The minimum atomic E-state index is -0.414. The Morgan fingerprint density at radius 2 is 2.14 bits per heavy atom. The van der Waals surface area contributed by atoms with Crippen LogP contribution in [0.2, 0.25) is 0 Å². The number of nitrogens with one attached hydrogen (secondary N) is 1. The molecule has 6 heteroatoms. The number of aromatic nitrogens is 1. The van der Waals surface area contributed by atoms with E-state index in [1.807, 2.05) is 25.1 Å². The van der Waals surface area contributed by atoms with Crippen molar-refractivity contribution in [3.05, 3.63) is 46.5 Å². The summed E-state index contributed by atoms with van der Waals surface area (Å²) in [4.78, 5) is 15.1. The summed E-state index contributed by atoms with van der Waals surface area (Å²) in [6.07, 6.45) is 0.916. The van der Waals surface area contributed by atoms with Gasteiger partial charge in [-0.15, -0.1) is 0 Å². The summed E-state index contributed by atoms with van der Waals surface area (Å²) in [6.45, 7) is 2.74. The molecular weight excluding hydrogens is 270 g/mol. The lowest BCUT2D eigenvalue weighted by atomic mass is 10.1. The number of anilines is 1. The molecule has 0 atom stereocenters. The molecule has 0 aliphatic heterocycles. The molecule has 21 heavy (non-hydrogen) atoms. The van der Waals surface area contributed by atoms with Crippen LogP contribution in [0.3, 0.4) is 0 Å². The van der Waals surface area contributed by atoms with E-state index >= 15 is 0 Å². The first kappa shape index (κ1) is 14.8. The van der Waals surface area contributed by atoms with Gasteiger partial charge in [-0.25, -0.2) is 4.98 Å². The maximum absolute atomic E-state index is 11.1. The Balaban J connectivity index is 2.45. The monoisotopic (exact) mass is 287 g/mol. The van der Waals surface area contributed by atoms with E-state index in [0.717, 1.165) is 12.0 Å². The van der Waals surface area contributed by atoms with Crippen molar-refractivity contribution in [1.29, 1.82) is 0 Å². The van der Waals surface area contributed by atoms with Gasteiger partial charge in [0, 0.05) is 18.2 Å². The van der Waals surface area contributed by atoms with Gasteiger partial charge < -0.3 is 10.1 Å². The van der Waals surface area contributed by atoms with Crippen LogP contribution in [0.1, 0.15) is 13.3 Å². The number of rotatable bonds is 6. The lowest BCUT2D eigenvalue weighted by Gasteiger charge is -2.08. The van der Waals surface area contributed by atoms with Gasteiger partial charge in [0.25, 0.3) is 5.69 Å². The largest absolute Gasteiger partial charge is 0.497 e. The van der Waals surface area contributed by atoms with Crippen LogP contribution >= 0.6 is 0 Å². The van der Waals surface area contributed by atoms with Gasteiger partial charge in [-0.3, -0.25) is 10.1 Å². The number of hydrogen-bond acceptors (Lipinski definition) is 5. The summed E-state index contributed by atoms with van der Waals surface area (Å²) in [5.41, 5.74) is 1.33. The molecule has 0 fully saturated rings. The number of ether oxygens (including phenoxy) is 1. The highest BCUT2D eigenvalue weighted by Crippen LogP contribution is 2.27. The molecule has 0 radical (unpaired) electrons. The van der Waals surface area contributed by atoms with Crippen LogP contribution in [-0.2, 0) is 0 Å². The number of methoxy groups -OCH3 is 1. The molecule has 0 unspecified atom stereocenters. The zero-order valence-electron chi connectivity index (χ0n) is 12.0. The molecule has 0 saturated carbocycles. The molecule has 6 nitrogen and oxygen atoms in total. The highest BCUT2D eigenvalue weighted by Gasteiger charge is 2.12. The standard InChI is InChI=1S/C15H17N3O3/c1-3-7-16-15-10-12(18(19)20)9-14(17-15)11-5-4-6-13(8-11)21-2/h4-6,8-10H,3,7H2,1-2H3,(H,16,17).